The van der Waals surface area contributed by atoms with E-state index in [9.17, 15) is 13.2 Å². The van der Waals surface area contributed by atoms with Crippen LogP contribution in [-0.2, 0) is 19.6 Å². The molecular weight excluding hydrogens is 258 g/mol. The number of carbonyl (C=O) groups is 1. The summed E-state index contributed by atoms with van der Waals surface area (Å²) in [6, 6.07) is 0. The van der Waals surface area contributed by atoms with Crippen molar-refractivity contribution in [2.75, 3.05) is 32.6 Å². The summed E-state index contributed by atoms with van der Waals surface area (Å²) in [7, 11) is -2.11. The van der Waals surface area contributed by atoms with Gasteiger partial charge in [0, 0.05) is 13.7 Å². The molecule has 0 aromatic heterocycles. The number of aliphatic carboxylic acids is 1. The summed E-state index contributed by atoms with van der Waals surface area (Å²) in [5.41, 5.74) is -0.108. The molecule has 0 aliphatic heterocycles. The molecule has 1 N–H and O–H groups in total. The van der Waals surface area contributed by atoms with Crippen LogP contribution in [0.25, 0.3) is 0 Å². The average molecular weight is 281 g/mol. The van der Waals surface area contributed by atoms with E-state index in [0.717, 1.165) is 4.31 Å². The van der Waals surface area contributed by atoms with E-state index in [1.54, 1.807) is 0 Å². The second-order valence-corrected chi connectivity index (χ2v) is 7.44. The van der Waals surface area contributed by atoms with Crippen LogP contribution in [0.5, 0.6) is 0 Å². The molecule has 0 aromatic rings. The maximum absolute atomic E-state index is 12.0. The lowest BCUT2D eigenvalue weighted by Gasteiger charge is -2.23. The Morgan fingerprint density at radius 2 is 1.89 bits per heavy atom. The van der Waals surface area contributed by atoms with Gasteiger partial charge in [-0.15, -0.1) is 0 Å². The molecule has 0 spiro atoms. The van der Waals surface area contributed by atoms with Crippen molar-refractivity contribution in [2.24, 2.45) is 5.41 Å². The molecule has 0 fully saturated rings. The predicted octanol–water partition coefficient (Wildman–Crippen LogP) is 0.785. The fourth-order valence-electron chi connectivity index (χ4n) is 1.22. The Hall–Kier alpha value is -0.660. The monoisotopic (exact) mass is 281 g/mol. The Morgan fingerprint density at radius 3 is 2.28 bits per heavy atom. The van der Waals surface area contributed by atoms with Gasteiger partial charge in [0.25, 0.3) is 0 Å². The minimum atomic E-state index is -3.55. The number of hydrogen-bond donors (Lipinski definition) is 1. The van der Waals surface area contributed by atoms with Gasteiger partial charge in [-0.1, -0.05) is 20.8 Å². The van der Waals surface area contributed by atoms with Crippen LogP contribution in [0.15, 0.2) is 0 Å². The largest absolute Gasteiger partial charge is 0.480 e. The number of hydrogen-bond acceptors (Lipinski definition) is 4. The van der Waals surface area contributed by atoms with Crippen molar-refractivity contribution < 1.29 is 23.1 Å². The first-order valence-corrected chi connectivity index (χ1v) is 7.38. The molecule has 0 radical (unpaired) electrons. The molecule has 0 aromatic carbocycles. The second kappa shape index (κ2) is 7.06. The third-order valence-corrected chi connectivity index (χ3v) is 4.18. The van der Waals surface area contributed by atoms with Crippen LogP contribution in [0.2, 0.25) is 0 Å². The van der Waals surface area contributed by atoms with E-state index in [2.05, 4.69) is 0 Å². The van der Waals surface area contributed by atoms with Crippen LogP contribution < -0.4 is 0 Å². The molecule has 7 heteroatoms. The fraction of sp³-hybridized carbons (Fsp3) is 0.909. The van der Waals surface area contributed by atoms with Crippen LogP contribution in [0.4, 0.5) is 0 Å². The van der Waals surface area contributed by atoms with Gasteiger partial charge in [0.1, 0.15) is 6.54 Å². The number of sulfonamides is 1. The topological polar surface area (TPSA) is 83.9 Å². The van der Waals surface area contributed by atoms with Gasteiger partial charge in [0.05, 0.1) is 12.4 Å². The Labute approximate surface area is 109 Å². The summed E-state index contributed by atoms with van der Waals surface area (Å²) >= 11 is 0. The van der Waals surface area contributed by atoms with E-state index >= 15 is 0 Å². The van der Waals surface area contributed by atoms with E-state index in [4.69, 9.17) is 9.84 Å². The Kier molecular flexibility index (Phi) is 6.80. The van der Waals surface area contributed by atoms with Crippen molar-refractivity contribution in [3.63, 3.8) is 0 Å². The van der Waals surface area contributed by atoms with Crippen molar-refractivity contribution in [1.82, 2.24) is 4.31 Å². The van der Waals surface area contributed by atoms with Gasteiger partial charge in [-0.2, -0.15) is 4.31 Å². The molecule has 0 bridgehead atoms. The van der Waals surface area contributed by atoms with Gasteiger partial charge in [-0.05, 0) is 11.8 Å². The Balaban J connectivity index is 4.68. The SMILES string of the molecule is COCCN(CC(=O)O)S(=O)(=O)CCC(C)(C)C. The maximum atomic E-state index is 12.0. The molecule has 0 heterocycles. The van der Waals surface area contributed by atoms with Crippen LogP contribution in [0.1, 0.15) is 27.2 Å². The minimum Gasteiger partial charge on any atom is -0.480 e. The van der Waals surface area contributed by atoms with Crippen LogP contribution in [-0.4, -0.2) is 56.4 Å². The summed E-state index contributed by atoms with van der Waals surface area (Å²) in [6.45, 7) is 5.56. The van der Waals surface area contributed by atoms with E-state index in [1.165, 1.54) is 7.11 Å². The van der Waals surface area contributed by atoms with Crippen LogP contribution in [0, 0.1) is 5.41 Å². The standard InChI is InChI=1S/C11H23NO5S/c1-11(2,3)5-8-18(15,16)12(6-7-17-4)9-10(13)14/h5-9H2,1-4H3,(H,13,14). The molecule has 0 unspecified atom stereocenters. The highest BCUT2D eigenvalue weighted by Gasteiger charge is 2.26. The van der Waals surface area contributed by atoms with Gasteiger partial charge in [0.15, 0.2) is 0 Å². The molecule has 0 amide bonds. The number of carboxylic acid groups (broad SMARTS) is 1. The summed E-state index contributed by atoms with van der Waals surface area (Å²) < 4.78 is 29.8. The second-order valence-electron chi connectivity index (χ2n) is 5.35. The summed E-state index contributed by atoms with van der Waals surface area (Å²) in [4.78, 5) is 10.7. The van der Waals surface area contributed by atoms with Crippen molar-refractivity contribution >= 4 is 16.0 Å². The first kappa shape index (κ1) is 17.3. The van der Waals surface area contributed by atoms with Crippen molar-refractivity contribution in [1.29, 1.82) is 0 Å². The molecule has 0 saturated carbocycles. The quantitative estimate of drug-likeness (QED) is 0.711. The number of nitrogens with zero attached hydrogens (tertiary/aromatic N) is 1. The van der Waals surface area contributed by atoms with Gasteiger partial charge >= 0.3 is 5.97 Å². The molecule has 0 atom stereocenters. The zero-order valence-electron chi connectivity index (χ0n) is 11.5. The molecule has 18 heavy (non-hydrogen) atoms. The zero-order chi connectivity index (χ0) is 14.4. The average Bonchev–Trinajstić information content (AvgIpc) is 2.20. The third-order valence-electron chi connectivity index (χ3n) is 2.36. The number of rotatable bonds is 8. The molecular formula is C11H23NO5S. The van der Waals surface area contributed by atoms with E-state index in [1.807, 2.05) is 20.8 Å². The first-order valence-electron chi connectivity index (χ1n) is 5.77. The molecule has 0 rings (SSSR count). The molecule has 6 nitrogen and oxygen atoms in total. The number of carboxylic acids is 1. The third kappa shape index (κ3) is 7.62. The lowest BCUT2D eigenvalue weighted by Crippen LogP contribution is -2.39. The smallest absolute Gasteiger partial charge is 0.318 e. The predicted molar refractivity (Wildman–Crippen MR) is 68.9 cm³/mol. The lowest BCUT2D eigenvalue weighted by molar-refractivity contribution is -0.137. The highest BCUT2D eigenvalue weighted by atomic mass is 32.2. The van der Waals surface area contributed by atoms with E-state index in [-0.39, 0.29) is 24.3 Å². The Morgan fingerprint density at radius 1 is 1.33 bits per heavy atom. The van der Waals surface area contributed by atoms with Crippen molar-refractivity contribution in [2.45, 2.75) is 27.2 Å². The van der Waals surface area contributed by atoms with Gasteiger partial charge in [-0.3, -0.25) is 4.79 Å². The summed E-state index contributed by atoms with van der Waals surface area (Å²) in [5, 5.41) is 8.73. The minimum absolute atomic E-state index is 0.0481. The highest BCUT2D eigenvalue weighted by Crippen LogP contribution is 2.20. The fourth-order valence-corrected chi connectivity index (χ4v) is 3.01. The summed E-state index contributed by atoms with van der Waals surface area (Å²) in [6.07, 6.45) is 0.485. The van der Waals surface area contributed by atoms with E-state index in [0.29, 0.717) is 6.42 Å². The summed E-state index contributed by atoms with van der Waals surface area (Å²) in [5.74, 6) is -1.21. The zero-order valence-corrected chi connectivity index (χ0v) is 12.3. The lowest BCUT2D eigenvalue weighted by atomic mass is 9.94. The molecule has 0 saturated heterocycles. The van der Waals surface area contributed by atoms with Gasteiger partial charge < -0.3 is 9.84 Å². The van der Waals surface area contributed by atoms with Crippen molar-refractivity contribution in [3.8, 4) is 0 Å². The molecule has 0 aliphatic carbocycles. The first-order chi connectivity index (χ1) is 8.08. The number of methoxy groups -OCH3 is 1. The number of ether oxygens (including phenoxy) is 1. The molecule has 108 valence electrons. The molecule has 0 aliphatic rings. The normalized spacial score (nSPS) is 12.9. The Bertz CT molecular complexity index is 358. The van der Waals surface area contributed by atoms with E-state index < -0.39 is 22.5 Å². The van der Waals surface area contributed by atoms with Gasteiger partial charge in [-0.25, -0.2) is 8.42 Å². The van der Waals surface area contributed by atoms with Crippen LogP contribution in [0.3, 0.4) is 0 Å². The van der Waals surface area contributed by atoms with Crippen molar-refractivity contribution in [3.05, 3.63) is 0 Å². The van der Waals surface area contributed by atoms with Gasteiger partial charge in [0.2, 0.25) is 10.0 Å². The highest BCUT2D eigenvalue weighted by molar-refractivity contribution is 7.89. The maximum Gasteiger partial charge on any atom is 0.318 e. The van der Waals surface area contributed by atoms with Crippen LogP contribution >= 0.6 is 0 Å².